The van der Waals surface area contributed by atoms with Crippen molar-refractivity contribution < 1.29 is 4.74 Å². The van der Waals surface area contributed by atoms with Crippen molar-refractivity contribution >= 4 is 33.2 Å². The fourth-order valence-corrected chi connectivity index (χ4v) is 2.38. The summed E-state index contributed by atoms with van der Waals surface area (Å²) in [4.78, 5) is 2.19. The van der Waals surface area contributed by atoms with Crippen LogP contribution in [0.25, 0.3) is 0 Å². The van der Waals surface area contributed by atoms with Gasteiger partial charge in [0.2, 0.25) is 0 Å². The maximum absolute atomic E-state index is 5.79. The van der Waals surface area contributed by atoms with E-state index in [-0.39, 0.29) is 0 Å². The number of hydrogen-bond donors (Lipinski definition) is 0. The SMILES string of the molecule is COCC(C)N(C)c1ccc(CCl)cc1Br. The lowest BCUT2D eigenvalue weighted by atomic mass is 10.2. The zero-order valence-electron chi connectivity index (χ0n) is 9.84. The summed E-state index contributed by atoms with van der Waals surface area (Å²) in [5.41, 5.74) is 2.27. The molecule has 4 heteroatoms. The van der Waals surface area contributed by atoms with Crippen LogP contribution in [0.1, 0.15) is 12.5 Å². The zero-order valence-corrected chi connectivity index (χ0v) is 12.2. The minimum Gasteiger partial charge on any atom is -0.383 e. The van der Waals surface area contributed by atoms with Crippen LogP contribution in [0.5, 0.6) is 0 Å². The summed E-state index contributed by atoms with van der Waals surface area (Å²) in [6, 6.07) is 6.51. The molecule has 0 aliphatic heterocycles. The maximum atomic E-state index is 5.79. The zero-order chi connectivity index (χ0) is 12.1. The number of alkyl halides is 1. The van der Waals surface area contributed by atoms with Gasteiger partial charge in [0.25, 0.3) is 0 Å². The maximum Gasteiger partial charge on any atom is 0.0663 e. The van der Waals surface area contributed by atoms with Crippen molar-refractivity contribution in [1.29, 1.82) is 0 Å². The molecule has 0 spiro atoms. The summed E-state index contributed by atoms with van der Waals surface area (Å²) >= 11 is 9.36. The van der Waals surface area contributed by atoms with Crippen LogP contribution in [0.3, 0.4) is 0 Å². The minimum absolute atomic E-state index is 0.336. The molecule has 0 radical (unpaired) electrons. The van der Waals surface area contributed by atoms with E-state index in [1.807, 2.05) is 6.07 Å². The number of benzene rings is 1. The Bertz CT molecular complexity index is 346. The van der Waals surface area contributed by atoms with Gasteiger partial charge >= 0.3 is 0 Å². The van der Waals surface area contributed by atoms with Gasteiger partial charge in [-0.15, -0.1) is 11.6 Å². The van der Waals surface area contributed by atoms with Crippen LogP contribution in [-0.4, -0.2) is 26.8 Å². The molecule has 0 aliphatic carbocycles. The van der Waals surface area contributed by atoms with Gasteiger partial charge in [0.05, 0.1) is 12.3 Å². The van der Waals surface area contributed by atoms with Gasteiger partial charge in [0.1, 0.15) is 0 Å². The molecule has 0 amide bonds. The monoisotopic (exact) mass is 305 g/mol. The molecule has 0 aliphatic rings. The average Bonchev–Trinajstić information content (AvgIpc) is 2.28. The molecule has 1 unspecified atom stereocenters. The molecule has 16 heavy (non-hydrogen) atoms. The van der Waals surface area contributed by atoms with Crippen molar-refractivity contribution in [1.82, 2.24) is 0 Å². The van der Waals surface area contributed by atoms with Crippen LogP contribution in [0.15, 0.2) is 22.7 Å². The van der Waals surface area contributed by atoms with Gasteiger partial charge in [-0.2, -0.15) is 0 Å². The Morgan fingerprint density at radius 2 is 2.19 bits per heavy atom. The van der Waals surface area contributed by atoms with E-state index < -0.39 is 0 Å². The number of methoxy groups -OCH3 is 1. The molecule has 0 saturated heterocycles. The topological polar surface area (TPSA) is 12.5 Å². The molecule has 0 N–H and O–H groups in total. The van der Waals surface area contributed by atoms with Crippen LogP contribution < -0.4 is 4.90 Å². The van der Waals surface area contributed by atoms with Crippen LogP contribution in [-0.2, 0) is 10.6 Å². The first kappa shape index (κ1) is 13.8. The standard InChI is InChI=1S/C12H17BrClNO/c1-9(8-16-3)15(2)12-5-4-10(7-14)6-11(12)13/h4-6,9H,7-8H2,1-3H3. The third-order valence-electron chi connectivity index (χ3n) is 2.62. The molecule has 1 aromatic rings. The average molecular weight is 307 g/mol. The number of rotatable bonds is 5. The summed E-state index contributed by atoms with van der Waals surface area (Å²) in [5, 5.41) is 0. The molecule has 1 aromatic carbocycles. The van der Waals surface area contributed by atoms with Gasteiger partial charge in [-0.05, 0) is 40.5 Å². The fraction of sp³-hybridized carbons (Fsp3) is 0.500. The largest absolute Gasteiger partial charge is 0.383 e. The summed E-state index contributed by atoms with van der Waals surface area (Å²) in [5.74, 6) is 0.538. The third-order valence-corrected chi connectivity index (χ3v) is 3.56. The first-order valence-electron chi connectivity index (χ1n) is 5.16. The summed E-state index contributed by atoms with van der Waals surface area (Å²) in [6.45, 7) is 2.84. The second kappa shape index (κ2) is 6.48. The molecular weight excluding hydrogens is 289 g/mol. The number of likely N-dealkylation sites (N-methyl/N-ethyl adjacent to an activating group) is 1. The van der Waals surface area contributed by atoms with E-state index in [4.69, 9.17) is 16.3 Å². The Morgan fingerprint density at radius 1 is 1.50 bits per heavy atom. The molecule has 0 aromatic heterocycles. The van der Waals surface area contributed by atoms with Crippen LogP contribution >= 0.6 is 27.5 Å². The van der Waals surface area contributed by atoms with E-state index in [1.54, 1.807) is 7.11 Å². The Morgan fingerprint density at radius 3 is 2.69 bits per heavy atom. The van der Waals surface area contributed by atoms with E-state index in [2.05, 4.69) is 46.9 Å². The Kier molecular flexibility index (Phi) is 5.59. The lowest BCUT2D eigenvalue weighted by molar-refractivity contribution is 0.183. The minimum atomic E-state index is 0.336. The molecule has 0 bridgehead atoms. The van der Waals surface area contributed by atoms with Crippen molar-refractivity contribution in [3.63, 3.8) is 0 Å². The summed E-state index contributed by atoms with van der Waals surface area (Å²) in [7, 11) is 3.78. The number of hydrogen-bond acceptors (Lipinski definition) is 2. The van der Waals surface area contributed by atoms with Gasteiger partial charge in [-0.3, -0.25) is 0 Å². The number of halogens is 2. The molecule has 1 rings (SSSR count). The molecule has 0 saturated carbocycles. The van der Waals surface area contributed by atoms with Crippen molar-refractivity contribution in [2.45, 2.75) is 18.8 Å². The Balaban J connectivity index is 2.87. The van der Waals surface area contributed by atoms with Gasteiger partial charge in [0, 0.05) is 30.6 Å². The highest BCUT2D eigenvalue weighted by molar-refractivity contribution is 9.10. The normalized spacial score (nSPS) is 12.6. The van der Waals surface area contributed by atoms with Gasteiger partial charge in [0.15, 0.2) is 0 Å². The Labute approximate surface area is 111 Å². The highest BCUT2D eigenvalue weighted by Crippen LogP contribution is 2.28. The highest BCUT2D eigenvalue weighted by atomic mass is 79.9. The number of nitrogens with zero attached hydrogens (tertiary/aromatic N) is 1. The van der Waals surface area contributed by atoms with Gasteiger partial charge < -0.3 is 9.64 Å². The van der Waals surface area contributed by atoms with E-state index in [0.717, 1.165) is 15.7 Å². The summed E-state index contributed by atoms with van der Waals surface area (Å²) in [6.07, 6.45) is 0. The van der Waals surface area contributed by atoms with E-state index >= 15 is 0 Å². The van der Waals surface area contributed by atoms with E-state index in [0.29, 0.717) is 18.5 Å². The smallest absolute Gasteiger partial charge is 0.0663 e. The first-order valence-corrected chi connectivity index (χ1v) is 6.49. The quantitative estimate of drug-likeness (QED) is 0.770. The molecule has 2 nitrogen and oxygen atoms in total. The van der Waals surface area contributed by atoms with Gasteiger partial charge in [-0.25, -0.2) is 0 Å². The second-order valence-electron chi connectivity index (χ2n) is 3.83. The van der Waals surface area contributed by atoms with E-state index in [1.165, 1.54) is 0 Å². The molecule has 1 atom stereocenters. The third kappa shape index (κ3) is 3.37. The van der Waals surface area contributed by atoms with Gasteiger partial charge in [-0.1, -0.05) is 6.07 Å². The molecule has 0 heterocycles. The lowest BCUT2D eigenvalue weighted by Crippen LogP contribution is -2.32. The predicted octanol–water partition coefficient (Wildman–Crippen LogP) is 3.66. The number of ether oxygens (including phenoxy) is 1. The first-order chi connectivity index (χ1) is 7.60. The van der Waals surface area contributed by atoms with Crippen molar-refractivity contribution in [3.8, 4) is 0 Å². The lowest BCUT2D eigenvalue weighted by Gasteiger charge is -2.27. The molecular formula is C12H17BrClNO. The van der Waals surface area contributed by atoms with E-state index in [9.17, 15) is 0 Å². The summed E-state index contributed by atoms with van der Waals surface area (Å²) < 4.78 is 6.22. The van der Waals surface area contributed by atoms with Crippen LogP contribution in [0.2, 0.25) is 0 Å². The van der Waals surface area contributed by atoms with Crippen molar-refractivity contribution in [3.05, 3.63) is 28.2 Å². The van der Waals surface area contributed by atoms with Crippen LogP contribution in [0.4, 0.5) is 5.69 Å². The predicted molar refractivity (Wildman–Crippen MR) is 73.4 cm³/mol. The highest BCUT2D eigenvalue weighted by Gasteiger charge is 2.12. The van der Waals surface area contributed by atoms with Crippen molar-refractivity contribution in [2.75, 3.05) is 25.7 Å². The van der Waals surface area contributed by atoms with Crippen LogP contribution in [0, 0.1) is 0 Å². The molecule has 0 fully saturated rings. The van der Waals surface area contributed by atoms with Crippen molar-refractivity contribution in [2.24, 2.45) is 0 Å². The second-order valence-corrected chi connectivity index (χ2v) is 4.96. The Hall–Kier alpha value is -0.250. The number of anilines is 1. The molecule has 90 valence electrons. The fourth-order valence-electron chi connectivity index (χ4n) is 1.51.